The summed E-state index contributed by atoms with van der Waals surface area (Å²) in [6.45, 7) is 2.00. The molecule has 2 N–H and O–H groups in total. The average Bonchev–Trinajstić information content (AvgIpc) is 2.96. The van der Waals surface area contributed by atoms with E-state index in [-0.39, 0.29) is 11.9 Å². The van der Waals surface area contributed by atoms with Gasteiger partial charge in [0.05, 0.1) is 6.04 Å². The summed E-state index contributed by atoms with van der Waals surface area (Å²) < 4.78 is 0. The molecule has 0 saturated carbocycles. The first-order chi connectivity index (χ1) is 8.09. The van der Waals surface area contributed by atoms with Crippen LogP contribution in [0.25, 0.3) is 0 Å². The number of nitrogens with zero attached hydrogens (tertiary/aromatic N) is 2. The first-order valence-electron chi connectivity index (χ1n) is 5.11. The molecule has 0 aliphatic heterocycles. The van der Waals surface area contributed by atoms with Crippen molar-refractivity contribution in [2.75, 3.05) is 12.8 Å². The molecule has 0 aliphatic rings. The van der Waals surface area contributed by atoms with Gasteiger partial charge in [-0.05, 0) is 18.4 Å². The molecule has 17 heavy (non-hydrogen) atoms. The van der Waals surface area contributed by atoms with Crippen LogP contribution >= 0.6 is 22.7 Å². The highest BCUT2D eigenvalue weighted by atomic mass is 32.1. The highest BCUT2D eigenvalue weighted by Gasteiger charge is 2.21. The predicted octanol–water partition coefficient (Wildman–Crippen LogP) is 2.62. The monoisotopic (exact) mass is 267 g/mol. The van der Waals surface area contributed by atoms with E-state index in [9.17, 15) is 4.79 Å². The Labute approximate surface area is 108 Å². The SMILES string of the molecule is CC(c1cccs1)N(C)C(=O)c1csc(N)n1. The molecular weight excluding hydrogens is 254 g/mol. The van der Waals surface area contributed by atoms with E-state index in [1.54, 1.807) is 28.7 Å². The molecule has 1 unspecified atom stereocenters. The van der Waals surface area contributed by atoms with Crippen LogP contribution in [0.2, 0.25) is 0 Å². The molecule has 0 radical (unpaired) electrons. The summed E-state index contributed by atoms with van der Waals surface area (Å²) in [6.07, 6.45) is 0. The third-order valence-electron chi connectivity index (χ3n) is 2.60. The van der Waals surface area contributed by atoms with E-state index in [2.05, 4.69) is 4.98 Å². The Hall–Kier alpha value is -1.40. The first-order valence-corrected chi connectivity index (χ1v) is 6.87. The lowest BCUT2D eigenvalue weighted by molar-refractivity contribution is 0.0740. The second-order valence-electron chi connectivity index (χ2n) is 3.68. The van der Waals surface area contributed by atoms with Crippen LogP contribution in [0.5, 0.6) is 0 Å². The minimum absolute atomic E-state index is 0.0467. The van der Waals surface area contributed by atoms with Gasteiger partial charge in [-0.25, -0.2) is 4.98 Å². The van der Waals surface area contributed by atoms with E-state index in [4.69, 9.17) is 5.73 Å². The summed E-state index contributed by atoms with van der Waals surface area (Å²) >= 11 is 2.92. The Morgan fingerprint density at radius 2 is 2.29 bits per heavy atom. The number of carbonyl (C=O) groups excluding carboxylic acids is 1. The topological polar surface area (TPSA) is 59.2 Å². The number of anilines is 1. The number of amides is 1. The second kappa shape index (κ2) is 4.85. The maximum atomic E-state index is 12.1. The Bertz CT molecular complexity index is 507. The normalized spacial score (nSPS) is 12.4. The second-order valence-corrected chi connectivity index (χ2v) is 5.55. The van der Waals surface area contributed by atoms with Gasteiger partial charge in [-0.15, -0.1) is 22.7 Å². The van der Waals surface area contributed by atoms with Gasteiger partial charge in [0.15, 0.2) is 5.13 Å². The van der Waals surface area contributed by atoms with E-state index in [1.165, 1.54) is 11.3 Å². The fourth-order valence-electron chi connectivity index (χ4n) is 1.46. The number of hydrogen-bond donors (Lipinski definition) is 1. The smallest absolute Gasteiger partial charge is 0.273 e. The molecule has 2 aromatic heterocycles. The number of nitrogen functional groups attached to an aromatic ring is 1. The Morgan fingerprint density at radius 1 is 1.53 bits per heavy atom. The number of thiazole rings is 1. The molecule has 0 saturated heterocycles. The number of rotatable bonds is 3. The summed E-state index contributed by atoms with van der Waals surface area (Å²) in [5.41, 5.74) is 5.94. The fourth-order valence-corrected chi connectivity index (χ4v) is 2.83. The number of aromatic nitrogens is 1. The van der Waals surface area contributed by atoms with Crippen molar-refractivity contribution < 1.29 is 4.79 Å². The van der Waals surface area contributed by atoms with Crippen LogP contribution in [-0.4, -0.2) is 22.8 Å². The summed E-state index contributed by atoms with van der Waals surface area (Å²) in [7, 11) is 1.78. The Kier molecular flexibility index (Phi) is 3.44. The van der Waals surface area contributed by atoms with Gasteiger partial charge in [0.2, 0.25) is 0 Å². The number of carbonyl (C=O) groups is 1. The van der Waals surface area contributed by atoms with E-state index in [0.29, 0.717) is 10.8 Å². The molecule has 6 heteroatoms. The Balaban J connectivity index is 2.15. The minimum Gasteiger partial charge on any atom is -0.375 e. The number of thiophene rings is 1. The molecule has 0 aliphatic carbocycles. The van der Waals surface area contributed by atoms with Crippen LogP contribution in [0, 0.1) is 0 Å². The van der Waals surface area contributed by atoms with Gasteiger partial charge in [0, 0.05) is 17.3 Å². The van der Waals surface area contributed by atoms with Gasteiger partial charge in [0.1, 0.15) is 5.69 Å². The molecule has 2 heterocycles. The molecule has 2 aromatic rings. The lowest BCUT2D eigenvalue weighted by atomic mass is 10.2. The summed E-state index contributed by atoms with van der Waals surface area (Å²) in [5, 5.41) is 4.12. The standard InChI is InChI=1S/C11H13N3OS2/c1-7(9-4-3-5-16-9)14(2)10(15)8-6-17-11(12)13-8/h3-7H,1-2H3,(H2,12,13). The molecule has 2 rings (SSSR count). The molecule has 0 aromatic carbocycles. The number of hydrogen-bond acceptors (Lipinski definition) is 5. The third-order valence-corrected chi connectivity index (χ3v) is 4.31. The van der Waals surface area contributed by atoms with Gasteiger partial charge >= 0.3 is 0 Å². The maximum Gasteiger partial charge on any atom is 0.273 e. The van der Waals surface area contributed by atoms with Crippen LogP contribution < -0.4 is 5.73 Å². The van der Waals surface area contributed by atoms with Gasteiger partial charge in [-0.1, -0.05) is 6.07 Å². The van der Waals surface area contributed by atoms with Crippen LogP contribution in [0.15, 0.2) is 22.9 Å². The molecule has 90 valence electrons. The van der Waals surface area contributed by atoms with Gasteiger partial charge < -0.3 is 10.6 Å². The van der Waals surface area contributed by atoms with Gasteiger partial charge in [-0.2, -0.15) is 0 Å². The van der Waals surface area contributed by atoms with E-state index in [1.807, 2.05) is 24.4 Å². The zero-order valence-electron chi connectivity index (χ0n) is 9.58. The minimum atomic E-state index is -0.0983. The van der Waals surface area contributed by atoms with E-state index >= 15 is 0 Å². The fraction of sp³-hybridized carbons (Fsp3) is 0.273. The van der Waals surface area contributed by atoms with Crippen molar-refractivity contribution >= 4 is 33.7 Å². The molecule has 0 fully saturated rings. The van der Waals surface area contributed by atoms with Gasteiger partial charge in [0.25, 0.3) is 5.91 Å². The van der Waals surface area contributed by atoms with Crippen molar-refractivity contribution in [1.82, 2.24) is 9.88 Å². The van der Waals surface area contributed by atoms with Crippen LogP contribution in [0.3, 0.4) is 0 Å². The summed E-state index contributed by atoms with van der Waals surface area (Å²) in [4.78, 5) is 19.0. The third kappa shape index (κ3) is 2.48. The molecule has 0 bridgehead atoms. The molecule has 1 amide bonds. The zero-order valence-corrected chi connectivity index (χ0v) is 11.2. The van der Waals surface area contributed by atoms with Crippen LogP contribution in [0.1, 0.15) is 28.3 Å². The first kappa shape index (κ1) is 12.1. The average molecular weight is 267 g/mol. The van der Waals surface area contributed by atoms with Crippen LogP contribution in [0.4, 0.5) is 5.13 Å². The van der Waals surface area contributed by atoms with Crippen molar-refractivity contribution in [3.63, 3.8) is 0 Å². The lowest BCUT2D eigenvalue weighted by Crippen LogP contribution is -2.29. The lowest BCUT2D eigenvalue weighted by Gasteiger charge is -2.23. The molecule has 4 nitrogen and oxygen atoms in total. The zero-order chi connectivity index (χ0) is 12.4. The molecular formula is C11H13N3OS2. The Morgan fingerprint density at radius 3 is 2.82 bits per heavy atom. The molecule has 1 atom stereocenters. The van der Waals surface area contributed by atoms with Crippen molar-refractivity contribution in [2.24, 2.45) is 0 Å². The maximum absolute atomic E-state index is 12.1. The van der Waals surface area contributed by atoms with Crippen LogP contribution in [-0.2, 0) is 0 Å². The summed E-state index contributed by atoms with van der Waals surface area (Å²) in [6, 6.07) is 4.05. The predicted molar refractivity (Wildman–Crippen MR) is 71.4 cm³/mol. The van der Waals surface area contributed by atoms with Crippen molar-refractivity contribution in [3.8, 4) is 0 Å². The van der Waals surface area contributed by atoms with E-state index < -0.39 is 0 Å². The van der Waals surface area contributed by atoms with Crippen molar-refractivity contribution in [1.29, 1.82) is 0 Å². The number of nitrogens with two attached hydrogens (primary N) is 1. The largest absolute Gasteiger partial charge is 0.375 e. The van der Waals surface area contributed by atoms with E-state index in [0.717, 1.165) is 4.88 Å². The van der Waals surface area contributed by atoms with Crippen molar-refractivity contribution in [3.05, 3.63) is 33.5 Å². The highest BCUT2D eigenvalue weighted by Crippen LogP contribution is 2.25. The highest BCUT2D eigenvalue weighted by molar-refractivity contribution is 7.13. The molecule has 0 spiro atoms. The van der Waals surface area contributed by atoms with Crippen molar-refractivity contribution in [2.45, 2.75) is 13.0 Å². The van der Waals surface area contributed by atoms with Gasteiger partial charge in [-0.3, -0.25) is 4.79 Å². The summed E-state index contributed by atoms with van der Waals surface area (Å²) in [5.74, 6) is -0.0983. The quantitative estimate of drug-likeness (QED) is 0.930.